The Morgan fingerprint density at radius 1 is 1.23 bits per heavy atom. The maximum absolute atomic E-state index is 13.1. The number of nitrogens with zero attached hydrogens (tertiary/aromatic N) is 4. The molecule has 0 radical (unpaired) electrons. The van der Waals surface area contributed by atoms with E-state index in [4.69, 9.17) is 5.11 Å². The molecule has 7 nitrogen and oxygen atoms in total. The molecule has 162 valence electrons. The Balaban J connectivity index is 1.34. The molecule has 3 heterocycles. The highest BCUT2D eigenvalue weighted by atomic mass is 19.4. The molecule has 5 rings (SSSR count). The number of likely N-dealkylation sites (tertiary alicyclic amines) is 1. The first kappa shape index (κ1) is 19.7. The van der Waals surface area contributed by atoms with Gasteiger partial charge in [-0.25, -0.2) is 14.3 Å². The number of amides is 1. The number of nitrogens with one attached hydrogen (secondary N) is 1. The zero-order valence-corrected chi connectivity index (χ0v) is 16.4. The van der Waals surface area contributed by atoms with Crippen LogP contribution >= 0.6 is 0 Å². The van der Waals surface area contributed by atoms with Crippen LogP contribution in [0.25, 0.3) is 16.9 Å². The van der Waals surface area contributed by atoms with Gasteiger partial charge in [0.25, 0.3) is 0 Å². The van der Waals surface area contributed by atoms with Gasteiger partial charge in [0.1, 0.15) is 5.82 Å². The summed E-state index contributed by atoms with van der Waals surface area (Å²) in [6, 6.07) is 8.84. The number of aromatic nitrogens is 3. The van der Waals surface area contributed by atoms with Gasteiger partial charge >= 0.3 is 12.3 Å². The molecule has 1 amide bonds. The lowest BCUT2D eigenvalue weighted by Gasteiger charge is -2.45. The fourth-order valence-corrected chi connectivity index (χ4v) is 4.73. The SMILES string of the molecule is O=C(O)N1CCC2(CC(Nc3ccc4ncc(-c5cccc(C(F)(F)F)c5)n4n3)C2)C1. The van der Waals surface area contributed by atoms with Crippen LogP contribution in [0.15, 0.2) is 42.6 Å². The van der Waals surface area contributed by atoms with Crippen molar-refractivity contribution in [1.82, 2.24) is 19.5 Å². The fourth-order valence-electron chi connectivity index (χ4n) is 4.73. The quantitative estimate of drug-likeness (QED) is 0.644. The molecule has 1 aromatic carbocycles. The average molecular weight is 431 g/mol. The van der Waals surface area contributed by atoms with E-state index in [-0.39, 0.29) is 11.5 Å². The van der Waals surface area contributed by atoms with Gasteiger partial charge in [-0.15, -0.1) is 5.10 Å². The average Bonchev–Trinajstić information content (AvgIpc) is 3.32. The summed E-state index contributed by atoms with van der Waals surface area (Å²) in [5.74, 6) is 0.603. The van der Waals surface area contributed by atoms with Crippen molar-refractivity contribution in [2.24, 2.45) is 5.41 Å². The third-order valence-corrected chi connectivity index (χ3v) is 6.27. The Morgan fingerprint density at radius 2 is 2.03 bits per heavy atom. The van der Waals surface area contributed by atoms with Crippen molar-refractivity contribution < 1.29 is 23.1 Å². The van der Waals surface area contributed by atoms with Crippen molar-refractivity contribution in [2.45, 2.75) is 31.5 Å². The number of anilines is 1. The number of hydrogen-bond donors (Lipinski definition) is 2. The molecule has 10 heteroatoms. The molecule has 31 heavy (non-hydrogen) atoms. The number of halogens is 3. The Labute approximate surface area is 175 Å². The van der Waals surface area contributed by atoms with E-state index in [1.54, 1.807) is 18.2 Å². The maximum atomic E-state index is 13.1. The summed E-state index contributed by atoms with van der Waals surface area (Å²) < 4.78 is 40.8. The van der Waals surface area contributed by atoms with Crippen molar-refractivity contribution in [3.05, 3.63) is 48.2 Å². The summed E-state index contributed by atoms with van der Waals surface area (Å²) >= 11 is 0. The lowest BCUT2D eigenvalue weighted by Crippen LogP contribution is -2.47. The van der Waals surface area contributed by atoms with Crippen LogP contribution in [0, 0.1) is 5.41 Å². The number of rotatable bonds is 3. The van der Waals surface area contributed by atoms with E-state index >= 15 is 0 Å². The van der Waals surface area contributed by atoms with Gasteiger partial charge in [0.05, 0.1) is 17.5 Å². The summed E-state index contributed by atoms with van der Waals surface area (Å²) in [5.41, 5.74) is 0.715. The van der Waals surface area contributed by atoms with Crippen LogP contribution in [-0.4, -0.2) is 49.8 Å². The van der Waals surface area contributed by atoms with Crippen molar-refractivity contribution in [3.63, 3.8) is 0 Å². The highest BCUT2D eigenvalue weighted by Crippen LogP contribution is 2.49. The van der Waals surface area contributed by atoms with Gasteiger partial charge in [0, 0.05) is 24.7 Å². The van der Waals surface area contributed by atoms with E-state index < -0.39 is 17.8 Å². The van der Waals surface area contributed by atoms with Gasteiger partial charge < -0.3 is 15.3 Å². The molecule has 1 aliphatic carbocycles. The third kappa shape index (κ3) is 3.55. The molecule has 0 unspecified atom stereocenters. The van der Waals surface area contributed by atoms with Crippen molar-refractivity contribution in [1.29, 1.82) is 0 Å². The highest BCUT2D eigenvalue weighted by molar-refractivity contribution is 5.66. The number of fused-ring (bicyclic) bond motifs is 1. The van der Waals surface area contributed by atoms with E-state index in [0.29, 0.717) is 35.8 Å². The van der Waals surface area contributed by atoms with Gasteiger partial charge in [-0.3, -0.25) is 0 Å². The second-order valence-electron chi connectivity index (χ2n) is 8.41. The molecule has 0 bridgehead atoms. The number of carbonyl (C=O) groups is 1. The predicted octanol–water partition coefficient (Wildman–Crippen LogP) is 4.36. The largest absolute Gasteiger partial charge is 0.465 e. The summed E-state index contributed by atoms with van der Waals surface area (Å²) in [5, 5.41) is 17.1. The minimum absolute atomic E-state index is 0.0400. The lowest BCUT2D eigenvalue weighted by molar-refractivity contribution is -0.137. The summed E-state index contributed by atoms with van der Waals surface area (Å²) in [6.07, 6.45) is -1.19. The maximum Gasteiger partial charge on any atom is 0.416 e. The van der Waals surface area contributed by atoms with E-state index in [0.717, 1.165) is 31.4 Å². The van der Waals surface area contributed by atoms with E-state index in [1.165, 1.54) is 21.7 Å². The molecule has 1 saturated carbocycles. The van der Waals surface area contributed by atoms with Crippen molar-refractivity contribution in [3.8, 4) is 11.3 Å². The molecule has 1 saturated heterocycles. The number of benzene rings is 1. The van der Waals surface area contributed by atoms with Gasteiger partial charge in [0.15, 0.2) is 5.65 Å². The van der Waals surface area contributed by atoms with Crippen LogP contribution in [0.2, 0.25) is 0 Å². The zero-order chi connectivity index (χ0) is 21.8. The molecule has 0 atom stereocenters. The molecule has 2 fully saturated rings. The van der Waals surface area contributed by atoms with Crippen LogP contribution in [0.5, 0.6) is 0 Å². The molecule has 2 N–H and O–H groups in total. The number of alkyl halides is 3. The monoisotopic (exact) mass is 431 g/mol. The van der Waals surface area contributed by atoms with E-state index in [9.17, 15) is 18.0 Å². The summed E-state index contributed by atoms with van der Waals surface area (Å²) in [7, 11) is 0. The zero-order valence-electron chi connectivity index (χ0n) is 16.4. The number of hydrogen-bond acceptors (Lipinski definition) is 4. The molecule has 2 aliphatic rings. The highest BCUT2D eigenvalue weighted by Gasteiger charge is 2.49. The molecule has 1 aliphatic heterocycles. The number of carboxylic acid groups (broad SMARTS) is 1. The molecule has 2 aromatic heterocycles. The van der Waals surface area contributed by atoms with Gasteiger partial charge in [0.2, 0.25) is 0 Å². The van der Waals surface area contributed by atoms with Gasteiger partial charge in [-0.1, -0.05) is 12.1 Å². The Morgan fingerprint density at radius 3 is 2.74 bits per heavy atom. The Kier molecular flexibility index (Phi) is 4.35. The number of imidazole rings is 1. The van der Waals surface area contributed by atoms with E-state index in [1.807, 2.05) is 0 Å². The van der Waals surface area contributed by atoms with Crippen LogP contribution < -0.4 is 5.32 Å². The minimum Gasteiger partial charge on any atom is -0.465 e. The topological polar surface area (TPSA) is 82.8 Å². The first-order chi connectivity index (χ1) is 14.7. The molecule has 1 spiro atoms. The predicted molar refractivity (Wildman–Crippen MR) is 107 cm³/mol. The normalized spacial score (nSPS) is 23.3. The first-order valence-corrected chi connectivity index (χ1v) is 9.99. The Hall–Kier alpha value is -3.30. The summed E-state index contributed by atoms with van der Waals surface area (Å²) in [6.45, 7) is 1.13. The summed E-state index contributed by atoms with van der Waals surface area (Å²) in [4.78, 5) is 16.9. The van der Waals surface area contributed by atoms with E-state index in [2.05, 4.69) is 15.4 Å². The van der Waals surface area contributed by atoms with Crippen LogP contribution in [0.1, 0.15) is 24.8 Å². The van der Waals surface area contributed by atoms with Crippen LogP contribution in [0.4, 0.5) is 23.8 Å². The minimum atomic E-state index is -4.42. The Bertz CT molecular complexity index is 1150. The standard InChI is InChI=1S/C21H20F3N5O2/c22-21(23,24)14-3-1-2-13(8-14)16-11-25-18-5-4-17(27-29(16)18)26-15-9-20(10-15)6-7-28(12-20)19(30)31/h1-5,8,11,15H,6-7,9-10,12H2,(H,26,27)(H,30,31). The second kappa shape index (κ2) is 6.86. The van der Waals surface area contributed by atoms with Crippen LogP contribution in [0.3, 0.4) is 0 Å². The first-order valence-electron chi connectivity index (χ1n) is 9.99. The van der Waals surface area contributed by atoms with Crippen molar-refractivity contribution >= 4 is 17.6 Å². The second-order valence-corrected chi connectivity index (χ2v) is 8.41. The fraction of sp³-hybridized carbons (Fsp3) is 0.381. The lowest BCUT2D eigenvalue weighted by atomic mass is 9.65. The van der Waals surface area contributed by atoms with Crippen molar-refractivity contribution in [2.75, 3.05) is 18.4 Å². The van der Waals surface area contributed by atoms with Gasteiger partial charge in [-0.2, -0.15) is 13.2 Å². The van der Waals surface area contributed by atoms with Crippen LogP contribution in [-0.2, 0) is 6.18 Å². The third-order valence-electron chi connectivity index (χ3n) is 6.27. The smallest absolute Gasteiger partial charge is 0.416 e. The molecular weight excluding hydrogens is 411 g/mol. The van der Waals surface area contributed by atoms with Gasteiger partial charge in [-0.05, 0) is 48.9 Å². The molecular formula is C21H20F3N5O2. The molecule has 3 aromatic rings.